The summed E-state index contributed by atoms with van der Waals surface area (Å²) in [5.74, 6) is -0.893. The van der Waals surface area contributed by atoms with Gasteiger partial charge in [0.15, 0.2) is 11.6 Å². The maximum atomic E-state index is 14.5. The van der Waals surface area contributed by atoms with Crippen LogP contribution in [-0.4, -0.2) is 71.0 Å². The number of nitrogens with two attached hydrogens (primary N) is 1. The van der Waals surface area contributed by atoms with Crippen LogP contribution >= 0.6 is 0 Å². The van der Waals surface area contributed by atoms with Gasteiger partial charge in [-0.1, -0.05) is 6.58 Å². The van der Waals surface area contributed by atoms with Crippen molar-refractivity contribution in [2.24, 2.45) is 10.7 Å². The van der Waals surface area contributed by atoms with Gasteiger partial charge in [0.2, 0.25) is 17.7 Å². The van der Waals surface area contributed by atoms with E-state index in [0.717, 1.165) is 45.3 Å². The van der Waals surface area contributed by atoms with Crippen LogP contribution in [-0.2, 0) is 9.53 Å². The number of morpholine rings is 1. The molecule has 1 saturated heterocycles. The quantitative estimate of drug-likeness (QED) is 0.205. The number of nitrogens with one attached hydrogen (secondary N) is 2. The van der Waals surface area contributed by atoms with Gasteiger partial charge in [-0.15, -0.1) is 5.10 Å². The number of carbonyl (C=O) groups is 1. The van der Waals surface area contributed by atoms with Gasteiger partial charge < -0.3 is 25.8 Å². The fourth-order valence-corrected chi connectivity index (χ4v) is 3.61. The molecule has 12 heteroatoms. The topological polar surface area (TPSA) is 131 Å². The molecule has 0 aliphatic carbocycles. The summed E-state index contributed by atoms with van der Waals surface area (Å²) in [7, 11) is 0. The Hall–Kier alpha value is -4.29. The standard InChI is InChI=1S/C25H29FN8O3/c1-2-23(35)29-18-6-7-20(26)22(15-18)37-24-21-5-3-10-34(21)32-25(31-24)30-19(16-27)17-28-8-4-9-33-11-13-36-14-12-33/h2-3,5-7,10,15-17H,1,4,8-9,11-14,27H2,(H,29,35)(H,30,32). The molecule has 194 valence electrons. The summed E-state index contributed by atoms with van der Waals surface area (Å²) in [5, 5.41) is 9.98. The molecule has 1 fully saturated rings. The predicted molar refractivity (Wildman–Crippen MR) is 139 cm³/mol. The van der Waals surface area contributed by atoms with Gasteiger partial charge in [-0.25, -0.2) is 8.91 Å². The van der Waals surface area contributed by atoms with Gasteiger partial charge in [-0.2, -0.15) is 4.98 Å². The highest BCUT2D eigenvalue weighted by Gasteiger charge is 2.14. The summed E-state index contributed by atoms with van der Waals surface area (Å²) in [6, 6.07) is 7.46. The van der Waals surface area contributed by atoms with E-state index in [4.69, 9.17) is 15.2 Å². The molecular weight excluding hydrogens is 479 g/mol. The third-order valence-electron chi connectivity index (χ3n) is 5.48. The van der Waals surface area contributed by atoms with E-state index in [1.807, 2.05) is 0 Å². The van der Waals surface area contributed by atoms with Crippen molar-refractivity contribution in [1.29, 1.82) is 0 Å². The number of carbonyl (C=O) groups excluding carboxylic acids is 1. The highest BCUT2D eigenvalue weighted by atomic mass is 19.1. The smallest absolute Gasteiger partial charge is 0.248 e. The average molecular weight is 509 g/mol. The monoisotopic (exact) mass is 508 g/mol. The van der Waals surface area contributed by atoms with Crippen LogP contribution in [0.4, 0.5) is 16.0 Å². The third-order valence-corrected chi connectivity index (χ3v) is 5.48. The average Bonchev–Trinajstić information content (AvgIpc) is 3.39. The van der Waals surface area contributed by atoms with Crippen molar-refractivity contribution >= 4 is 29.3 Å². The number of aromatic nitrogens is 3. The summed E-state index contributed by atoms with van der Waals surface area (Å²) in [6.45, 7) is 8.44. The van der Waals surface area contributed by atoms with Crippen molar-refractivity contribution in [2.45, 2.75) is 6.42 Å². The molecule has 3 aromatic rings. The Morgan fingerprint density at radius 3 is 2.92 bits per heavy atom. The van der Waals surface area contributed by atoms with Gasteiger partial charge in [0.05, 0.1) is 18.9 Å². The Balaban J connectivity index is 1.44. The van der Waals surface area contributed by atoms with Gasteiger partial charge in [-0.3, -0.25) is 14.7 Å². The first kappa shape index (κ1) is 25.8. The van der Waals surface area contributed by atoms with Crippen molar-refractivity contribution < 1.29 is 18.7 Å². The molecule has 0 radical (unpaired) electrons. The van der Waals surface area contributed by atoms with Gasteiger partial charge in [0.1, 0.15) is 5.52 Å². The minimum Gasteiger partial charge on any atom is -0.434 e. The highest BCUT2D eigenvalue weighted by Crippen LogP contribution is 2.29. The molecule has 37 heavy (non-hydrogen) atoms. The minimum atomic E-state index is -0.624. The molecule has 11 nitrogen and oxygen atoms in total. The first-order valence-electron chi connectivity index (χ1n) is 11.8. The zero-order valence-electron chi connectivity index (χ0n) is 20.3. The fraction of sp³-hybridized carbons (Fsp3) is 0.280. The molecule has 0 saturated carbocycles. The second kappa shape index (κ2) is 12.6. The number of fused-ring (bicyclic) bond motifs is 1. The molecule has 0 unspecified atom stereocenters. The number of halogens is 1. The van der Waals surface area contributed by atoms with Crippen molar-refractivity contribution in [1.82, 2.24) is 19.5 Å². The van der Waals surface area contributed by atoms with Crippen LogP contribution in [0.2, 0.25) is 0 Å². The lowest BCUT2D eigenvalue weighted by atomic mass is 10.3. The maximum Gasteiger partial charge on any atom is 0.248 e. The van der Waals surface area contributed by atoms with Crippen molar-refractivity contribution in [3.63, 3.8) is 0 Å². The number of hydrogen-bond donors (Lipinski definition) is 3. The normalized spacial score (nSPS) is 14.7. The Labute approximate surface area is 213 Å². The van der Waals surface area contributed by atoms with Crippen LogP contribution in [0.25, 0.3) is 5.52 Å². The highest BCUT2D eigenvalue weighted by molar-refractivity contribution is 5.99. The van der Waals surface area contributed by atoms with Crippen molar-refractivity contribution in [2.75, 3.05) is 50.0 Å². The molecule has 1 aromatic carbocycles. The van der Waals surface area contributed by atoms with Gasteiger partial charge in [0, 0.05) is 56.5 Å². The van der Waals surface area contributed by atoms with Gasteiger partial charge >= 0.3 is 0 Å². The van der Waals surface area contributed by atoms with E-state index in [0.29, 0.717) is 23.4 Å². The lowest BCUT2D eigenvalue weighted by Crippen LogP contribution is -2.37. The van der Waals surface area contributed by atoms with Crippen molar-refractivity contribution in [3.8, 4) is 11.6 Å². The number of ether oxygens (including phenoxy) is 2. The zero-order chi connectivity index (χ0) is 26.0. The Morgan fingerprint density at radius 2 is 2.14 bits per heavy atom. The molecule has 1 aliphatic rings. The van der Waals surface area contributed by atoms with Crippen molar-refractivity contribution in [3.05, 3.63) is 66.9 Å². The zero-order valence-corrected chi connectivity index (χ0v) is 20.3. The molecule has 1 amide bonds. The lowest BCUT2D eigenvalue weighted by Gasteiger charge is -2.26. The number of aliphatic imine (C=N–C) groups is 1. The summed E-state index contributed by atoms with van der Waals surface area (Å²) in [6.07, 6.45) is 6.72. The SMILES string of the molecule is C=CC(=O)Nc1ccc(F)c(Oc2nc(NC(C=NCCCN3CCOCC3)=CN)nn3cccc23)c1. The fourth-order valence-electron chi connectivity index (χ4n) is 3.61. The summed E-state index contributed by atoms with van der Waals surface area (Å²) in [4.78, 5) is 22.8. The maximum absolute atomic E-state index is 14.5. The Kier molecular flexibility index (Phi) is 8.79. The van der Waals surface area contributed by atoms with Crippen LogP contribution in [0.15, 0.2) is 66.1 Å². The molecule has 4 N–H and O–H groups in total. The van der Waals surface area contributed by atoms with E-state index < -0.39 is 11.7 Å². The molecule has 3 heterocycles. The molecular formula is C25H29FN8O3. The van der Waals surface area contributed by atoms with E-state index >= 15 is 0 Å². The van der Waals surface area contributed by atoms with Crippen LogP contribution in [0.5, 0.6) is 11.6 Å². The molecule has 1 aliphatic heterocycles. The van der Waals surface area contributed by atoms with Crippen LogP contribution < -0.4 is 21.1 Å². The minimum absolute atomic E-state index is 0.104. The number of anilines is 2. The summed E-state index contributed by atoms with van der Waals surface area (Å²) < 4.78 is 27.2. The van der Waals surface area contributed by atoms with Crippen LogP contribution in [0.3, 0.4) is 0 Å². The number of hydrogen-bond acceptors (Lipinski definition) is 9. The van der Waals surface area contributed by atoms with Crippen LogP contribution in [0.1, 0.15) is 6.42 Å². The van der Waals surface area contributed by atoms with E-state index in [2.05, 4.69) is 37.2 Å². The van der Waals surface area contributed by atoms with E-state index in [1.165, 1.54) is 24.4 Å². The molecule has 0 spiro atoms. The predicted octanol–water partition coefficient (Wildman–Crippen LogP) is 2.79. The van der Waals surface area contributed by atoms with E-state index in [9.17, 15) is 9.18 Å². The lowest BCUT2D eigenvalue weighted by molar-refractivity contribution is -0.111. The van der Waals surface area contributed by atoms with E-state index in [1.54, 1.807) is 29.1 Å². The first-order chi connectivity index (χ1) is 18.1. The second-order valence-electron chi connectivity index (χ2n) is 8.11. The largest absolute Gasteiger partial charge is 0.434 e. The number of allylic oxidation sites excluding steroid dienone is 1. The molecule has 0 bridgehead atoms. The van der Waals surface area contributed by atoms with Gasteiger partial charge in [0.25, 0.3) is 0 Å². The van der Waals surface area contributed by atoms with Crippen LogP contribution in [0, 0.1) is 5.82 Å². The number of rotatable bonds is 11. The number of amides is 1. The molecule has 0 atom stereocenters. The Bertz CT molecular complexity index is 1300. The molecule has 2 aromatic heterocycles. The van der Waals surface area contributed by atoms with Gasteiger partial charge in [-0.05, 0) is 36.8 Å². The van der Waals surface area contributed by atoms with E-state index in [-0.39, 0.29) is 17.6 Å². The summed E-state index contributed by atoms with van der Waals surface area (Å²) >= 11 is 0. The first-order valence-corrected chi connectivity index (χ1v) is 11.8. The summed E-state index contributed by atoms with van der Waals surface area (Å²) in [5.41, 5.74) is 7.12. The molecule has 4 rings (SSSR count). The third kappa shape index (κ3) is 7.12. The second-order valence-corrected chi connectivity index (χ2v) is 8.11. The number of nitrogens with zero attached hydrogens (tertiary/aromatic N) is 5. The number of benzene rings is 1. The Morgan fingerprint density at radius 1 is 1.30 bits per heavy atom.